The maximum atomic E-state index is 12.0. The van der Waals surface area contributed by atoms with Crippen LogP contribution >= 0.6 is 0 Å². The van der Waals surface area contributed by atoms with E-state index in [1.54, 1.807) is 17.0 Å². The van der Waals surface area contributed by atoms with Gasteiger partial charge in [-0.25, -0.2) is 4.68 Å². The van der Waals surface area contributed by atoms with Crippen molar-refractivity contribution in [3.05, 3.63) is 46.2 Å². The molecule has 1 saturated heterocycles. The van der Waals surface area contributed by atoms with Crippen molar-refractivity contribution in [1.82, 2.24) is 19.8 Å². The number of nitrogens with zero attached hydrogens (tertiary/aromatic N) is 4. The number of likely N-dealkylation sites (tertiary alicyclic amines) is 1. The van der Waals surface area contributed by atoms with Gasteiger partial charge in [0.1, 0.15) is 6.26 Å². The summed E-state index contributed by atoms with van der Waals surface area (Å²) in [6.07, 6.45) is 6.24. The summed E-state index contributed by atoms with van der Waals surface area (Å²) in [5, 5.41) is 8.55. The molecule has 2 aromatic heterocycles. The molecule has 0 atom stereocenters. The monoisotopic (exact) mass is 314 g/mol. The summed E-state index contributed by atoms with van der Waals surface area (Å²) in [6.45, 7) is 3.67. The molecule has 1 saturated carbocycles. The Kier molecular flexibility index (Phi) is 3.99. The Labute approximate surface area is 135 Å². The zero-order valence-electron chi connectivity index (χ0n) is 13.2. The van der Waals surface area contributed by atoms with Crippen molar-refractivity contribution in [2.24, 2.45) is 5.92 Å². The van der Waals surface area contributed by atoms with E-state index in [-0.39, 0.29) is 5.56 Å². The molecule has 0 bridgehead atoms. The minimum absolute atomic E-state index is 0.0272. The van der Waals surface area contributed by atoms with Crippen molar-refractivity contribution in [2.45, 2.75) is 44.7 Å². The van der Waals surface area contributed by atoms with Crippen molar-refractivity contribution in [3.8, 4) is 0 Å². The zero-order valence-corrected chi connectivity index (χ0v) is 13.2. The van der Waals surface area contributed by atoms with Gasteiger partial charge in [-0.2, -0.15) is 5.10 Å². The van der Waals surface area contributed by atoms with E-state index in [0.29, 0.717) is 11.8 Å². The maximum absolute atomic E-state index is 12.0. The molecule has 4 rings (SSSR count). The van der Waals surface area contributed by atoms with Gasteiger partial charge in [0.25, 0.3) is 5.56 Å². The van der Waals surface area contributed by atoms with Crippen molar-refractivity contribution in [1.29, 1.82) is 0 Å². The van der Waals surface area contributed by atoms with E-state index >= 15 is 0 Å². The van der Waals surface area contributed by atoms with Gasteiger partial charge in [0.15, 0.2) is 0 Å². The van der Waals surface area contributed by atoms with Crippen LogP contribution in [0.5, 0.6) is 0 Å². The number of hydrogen-bond acceptors (Lipinski definition) is 5. The summed E-state index contributed by atoms with van der Waals surface area (Å²) in [4.78, 5) is 14.4. The average molecular weight is 314 g/mol. The Morgan fingerprint density at radius 3 is 2.65 bits per heavy atom. The van der Waals surface area contributed by atoms with Crippen molar-refractivity contribution < 1.29 is 4.52 Å². The van der Waals surface area contributed by atoms with Crippen LogP contribution in [0.1, 0.15) is 43.0 Å². The summed E-state index contributed by atoms with van der Waals surface area (Å²) in [6, 6.07) is 5.50. The third kappa shape index (κ3) is 3.52. The van der Waals surface area contributed by atoms with Crippen molar-refractivity contribution >= 4 is 0 Å². The van der Waals surface area contributed by atoms with Crippen LogP contribution in [0.3, 0.4) is 0 Å². The van der Waals surface area contributed by atoms with Gasteiger partial charge in [-0.05, 0) is 50.8 Å². The molecule has 2 aliphatic rings. The van der Waals surface area contributed by atoms with Gasteiger partial charge in [0, 0.05) is 31.1 Å². The molecule has 23 heavy (non-hydrogen) atoms. The molecule has 0 aromatic carbocycles. The van der Waals surface area contributed by atoms with Crippen LogP contribution in [-0.2, 0) is 13.1 Å². The lowest BCUT2D eigenvalue weighted by Crippen LogP contribution is -2.36. The summed E-state index contributed by atoms with van der Waals surface area (Å²) in [5.41, 5.74) is 2.10. The predicted octanol–water partition coefficient (Wildman–Crippen LogP) is 2.02. The molecule has 0 unspecified atom stereocenters. The van der Waals surface area contributed by atoms with Crippen LogP contribution in [0.2, 0.25) is 0 Å². The first-order valence-electron chi connectivity index (χ1n) is 8.47. The second-order valence-electron chi connectivity index (χ2n) is 6.76. The lowest BCUT2D eigenvalue weighted by atomic mass is 9.96. The Morgan fingerprint density at radius 2 is 1.96 bits per heavy atom. The summed E-state index contributed by atoms with van der Waals surface area (Å²) < 4.78 is 6.57. The number of piperidine rings is 1. The molecule has 2 fully saturated rings. The normalized spacial score (nSPS) is 20.0. The highest BCUT2D eigenvalue weighted by Gasteiger charge is 2.26. The molecule has 6 nitrogen and oxygen atoms in total. The largest absolute Gasteiger partial charge is 0.364 e. The molecule has 0 N–H and O–H groups in total. The first-order chi connectivity index (χ1) is 11.3. The van der Waals surface area contributed by atoms with E-state index in [2.05, 4.69) is 15.2 Å². The summed E-state index contributed by atoms with van der Waals surface area (Å²) in [5.74, 6) is 1.12. The minimum Gasteiger partial charge on any atom is -0.364 e. The number of rotatable bonds is 5. The molecule has 3 heterocycles. The van der Waals surface area contributed by atoms with Crippen LogP contribution < -0.4 is 5.56 Å². The number of aromatic nitrogens is 3. The molecule has 6 heteroatoms. The fourth-order valence-electron chi connectivity index (χ4n) is 3.31. The topological polar surface area (TPSA) is 64.2 Å². The summed E-state index contributed by atoms with van der Waals surface area (Å²) in [7, 11) is 0. The van der Waals surface area contributed by atoms with Crippen LogP contribution in [0.15, 0.2) is 33.8 Å². The Morgan fingerprint density at radius 1 is 1.13 bits per heavy atom. The van der Waals surface area contributed by atoms with E-state index in [0.717, 1.165) is 50.4 Å². The minimum atomic E-state index is 0.0272. The molecule has 1 aliphatic carbocycles. The predicted molar refractivity (Wildman–Crippen MR) is 85.0 cm³/mol. The van der Waals surface area contributed by atoms with Crippen molar-refractivity contribution in [3.63, 3.8) is 0 Å². The smallest absolute Gasteiger partial charge is 0.266 e. The lowest BCUT2D eigenvalue weighted by Gasteiger charge is -2.31. The van der Waals surface area contributed by atoms with Gasteiger partial charge in [-0.3, -0.25) is 9.69 Å². The molecule has 122 valence electrons. The second-order valence-corrected chi connectivity index (χ2v) is 6.76. The van der Waals surface area contributed by atoms with Crippen LogP contribution in [0.25, 0.3) is 0 Å². The van der Waals surface area contributed by atoms with Gasteiger partial charge in [-0.15, -0.1) is 0 Å². The molecule has 1 aliphatic heterocycles. The van der Waals surface area contributed by atoms with E-state index in [9.17, 15) is 4.79 Å². The third-order valence-electron chi connectivity index (χ3n) is 4.90. The highest BCUT2D eigenvalue weighted by Crippen LogP contribution is 2.38. The quantitative estimate of drug-likeness (QED) is 0.845. The summed E-state index contributed by atoms with van der Waals surface area (Å²) >= 11 is 0. The SMILES string of the molecule is O=c1ccc(C2CC2)nn1CC1CCN(Cc2ccon2)CC1. The first-order valence-corrected chi connectivity index (χ1v) is 8.47. The molecule has 2 aromatic rings. The Bertz CT molecular complexity index is 698. The van der Waals surface area contributed by atoms with E-state index in [4.69, 9.17) is 4.52 Å². The number of hydrogen-bond donors (Lipinski definition) is 0. The fraction of sp³-hybridized carbons (Fsp3) is 0.588. The van der Waals surface area contributed by atoms with Crippen LogP contribution in [0.4, 0.5) is 0 Å². The highest BCUT2D eigenvalue weighted by atomic mass is 16.5. The molecular weight excluding hydrogens is 292 g/mol. The van der Waals surface area contributed by atoms with Gasteiger partial charge >= 0.3 is 0 Å². The first kappa shape index (κ1) is 14.6. The molecule has 0 radical (unpaired) electrons. The molecule has 0 amide bonds. The van der Waals surface area contributed by atoms with Gasteiger partial charge in [0.2, 0.25) is 0 Å². The Balaban J connectivity index is 1.34. The Hall–Kier alpha value is -1.95. The third-order valence-corrected chi connectivity index (χ3v) is 4.90. The lowest BCUT2D eigenvalue weighted by molar-refractivity contribution is 0.160. The van der Waals surface area contributed by atoms with E-state index < -0.39 is 0 Å². The van der Waals surface area contributed by atoms with Gasteiger partial charge in [-0.1, -0.05) is 5.16 Å². The van der Waals surface area contributed by atoms with Crippen LogP contribution in [-0.4, -0.2) is 32.9 Å². The van der Waals surface area contributed by atoms with Crippen molar-refractivity contribution in [2.75, 3.05) is 13.1 Å². The van der Waals surface area contributed by atoms with Gasteiger partial charge in [0.05, 0.1) is 11.4 Å². The standard InChI is InChI=1S/C17H22N4O2/c22-17-4-3-16(14-1-2-14)18-21(17)11-13-5-8-20(9-6-13)12-15-7-10-23-19-15/h3-4,7,10,13-14H,1-2,5-6,8-9,11-12H2. The van der Waals surface area contributed by atoms with E-state index in [1.807, 2.05) is 12.1 Å². The molecular formula is C17H22N4O2. The molecule has 0 spiro atoms. The van der Waals surface area contributed by atoms with Crippen LogP contribution in [0, 0.1) is 5.92 Å². The van der Waals surface area contributed by atoms with Gasteiger partial charge < -0.3 is 4.52 Å². The maximum Gasteiger partial charge on any atom is 0.266 e. The fourth-order valence-corrected chi connectivity index (χ4v) is 3.31. The average Bonchev–Trinajstić information content (AvgIpc) is 3.29. The zero-order chi connectivity index (χ0) is 15.6. The highest BCUT2D eigenvalue weighted by molar-refractivity contribution is 5.12. The second kappa shape index (κ2) is 6.28. The van der Waals surface area contributed by atoms with E-state index in [1.165, 1.54) is 12.8 Å².